The molecule has 3 heteroatoms. The lowest BCUT2D eigenvalue weighted by Gasteiger charge is -2.33. The van der Waals surface area contributed by atoms with Gasteiger partial charge in [0.05, 0.1) is 5.69 Å². The van der Waals surface area contributed by atoms with Gasteiger partial charge in [-0.3, -0.25) is 0 Å². The lowest BCUT2D eigenvalue weighted by Crippen LogP contribution is -2.25. The molecule has 0 radical (unpaired) electrons. The Morgan fingerprint density at radius 3 is 1.36 bits per heavy atom. The molecule has 2 heterocycles. The minimum atomic E-state index is -0.387. The lowest BCUT2D eigenvalue weighted by atomic mass is 9.70. The Kier molecular flexibility index (Phi) is 14.9. The SMILES string of the molecule is CCCCCCCC1(CCCCCCC)c2ccccc2-c2ccc(-c3ccc4c(c3)C(C)(C)c3cc(-c5cc6c(c7c5oc5ccccc57)-c5ccc(N(c7ccc8c(c7)C(C)(C)c7c9c(c%10oc%11ccccc%11c%10c7-8)-c7ccccc7C9(C)C)c7c(C)cc(C)cc7C)cc5C6(C)C)ccc3-4)cc21. The van der Waals surface area contributed by atoms with Crippen LogP contribution in [0.5, 0.6) is 0 Å². The van der Waals surface area contributed by atoms with Gasteiger partial charge in [-0.15, -0.1) is 0 Å². The number of nitrogens with zero attached hydrogens (tertiary/aromatic N) is 1. The molecule has 0 atom stereocenters. The fraction of sp³-hybridized carbons (Fsp3) is 0.294. The molecule has 0 spiro atoms. The van der Waals surface area contributed by atoms with Crippen molar-refractivity contribution in [1.29, 1.82) is 0 Å². The van der Waals surface area contributed by atoms with Gasteiger partial charge in [0.2, 0.25) is 0 Å². The molecule has 0 saturated heterocycles. The first kappa shape index (κ1) is 65.8. The molecule has 5 aliphatic rings. The van der Waals surface area contributed by atoms with Crippen molar-refractivity contribution in [1.82, 2.24) is 0 Å². The second-order valence-corrected chi connectivity index (χ2v) is 34.3. The minimum absolute atomic E-state index is 0.0317. The molecule has 14 aromatic rings. The van der Waals surface area contributed by atoms with E-state index in [4.69, 9.17) is 8.83 Å². The maximum Gasteiger partial charge on any atom is 0.144 e. The number of fused-ring (bicyclic) bond motifs is 25. The number of furan rings is 2. The zero-order chi connectivity index (χ0) is 72.0. The first-order valence-corrected chi connectivity index (χ1v) is 39.6. The second-order valence-electron chi connectivity index (χ2n) is 34.3. The number of rotatable bonds is 17. The number of unbranched alkanes of at least 4 members (excludes halogenated alkanes) is 8. The van der Waals surface area contributed by atoms with Gasteiger partial charge in [0.15, 0.2) is 0 Å². The maximum atomic E-state index is 7.25. The molecule has 3 nitrogen and oxygen atoms in total. The van der Waals surface area contributed by atoms with Crippen LogP contribution in [0.4, 0.5) is 17.1 Å². The van der Waals surface area contributed by atoms with Gasteiger partial charge in [0, 0.05) is 71.1 Å². The summed E-state index contributed by atoms with van der Waals surface area (Å²) in [7, 11) is 0. The molecule has 0 N–H and O–H groups in total. The molecule has 12 aromatic carbocycles. The monoisotopic (exact) mass is 1370 g/mol. The standard InChI is InChI=1S/C102H97NO2/c1-14-16-18-20-30-50-102(51-31-21-19-17-15-2)79-37-27-22-32-68(79)71-46-41-64(55-84(71)102)63-40-45-69-70-47-42-65(56-81(70)98(6,7)80(69)54-63)77-59-85-88(90-75-34-24-28-38-86(75)104-96(77)90)73-48-43-66(57-82(73)99(85,8)9)103(95-61(4)52-60(3)53-62(95)5)67-44-49-74-83(58-67)101(12,13)93-89(74)91-76-35-25-29-39-87(76)105-97(91)92-72-33-23-26-36-78(72)100(10,11)94(92)93/h22-29,32-49,52-59H,14-21,30-31,50-51H2,1-13H3. The van der Waals surface area contributed by atoms with Crippen LogP contribution in [0.1, 0.15) is 219 Å². The summed E-state index contributed by atoms with van der Waals surface area (Å²) in [5.41, 5.74) is 42.1. The van der Waals surface area contributed by atoms with E-state index in [1.807, 2.05) is 0 Å². The van der Waals surface area contributed by atoms with Crippen LogP contribution in [-0.2, 0) is 27.1 Å². The zero-order valence-corrected chi connectivity index (χ0v) is 63.9. The van der Waals surface area contributed by atoms with Crippen molar-refractivity contribution in [3.63, 3.8) is 0 Å². The highest BCUT2D eigenvalue weighted by molar-refractivity contribution is 6.22. The second kappa shape index (κ2) is 23.8. The van der Waals surface area contributed by atoms with Crippen molar-refractivity contribution in [3.05, 3.63) is 279 Å². The number of anilines is 3. The molecule has 522 valence electrons. The minimum Gasteiger partial charge on any atom is -0.455 e. The topological polar surface area (TPSA) is 29.5 Å². The Morgan fingerprint density at radius 2 is 0.743 bits per heavy atom. The summed E-state index contributed by atoms with van der Waals surface area (Å²) in [6.45, 7) is 31.2. The van der Waals surface area contributed by atoms with Gasteiger partial charge in [-0.05, 0) is 228 Å². The van der Waals surface area contributed by atoms with E-state index in [0.717, 1.165) is 44.7 Å². The molecule has 19 rings (SSSR count). The van der Waals surface area contributed by atoms with Gasteiger partial charge >= 0.3 is 0 Å². The van der Waals surface area contributed by atoms with Crippen molar-refractivity contribution in [2.45, 2.75) is 194 Å². The number of aryl methyl sites for hydroxylation is 3. The fourth-order valence-corrected chi connectivity index (χ4v) is 21.5. The van der Waals surface area contributed by atoms with Crippen LogP contribution in [0.3, 0.4) is 0 Å². The summed E-state index contributed by atoms with van der Waals surface area (Å²) >= 11 is 0. The number of hydrogen-bond acceptors (Lipinski definition) is 3. The smallest absolute Gasteiger partial charge is 0.144 e. The summed E-state index contributed by atoms with van der Waals surface area (Å²) in [4.78, 5) is 2.58. The van der Waals surface area contributed by atoms with E-state index in [-0.39, 0.29) is 27.1 Å². The van der Waals surface area contributed by atoms with E-state index < -0.39 is 0 Å². The van der Waals surface area contributed by atoms with E-state index in [2.05, 4.69) is 301 Å². The molecule has 0 amide bonds. The summed E-state index contributed by atoms with van der Waals surface area (Å²) in [5.74, 6) is 0. The predicted molar refractivity (Wildman–Crippen MR) is 444 cm³/mol. The van der Waals surface area contributed by atoms with Crippen LogP contribution in [0.2, 0.25) is 0 Å². The van der Waals surface area contributed by atoms with Crippen molar-refractivity contribution >= 4 is 60.9 Å². The maximum absolute atomic E-state index is 7.25. The highest BCUT2D eigenvalue weighted by Gasteiger charge is 2.50. The molecule has 105 heavy (non-hydrogen) atoms. The average Bonchev–Trinajstić information content (AvgIpc) is 1.50. The molecule has 0 aliphatic heterocycles. The Bertz CT molecular complexity index is 5970. The molecule has 0 bridgehead atoms. The Labute approximate surface area is 621 Å². The summed E-state index contributed by atoms with van der Waals surface area (Å²) in [6.07, 6.45) is 15.4. The van der Waals surface area contributed by atoms with E-state index in [0.29, 0.717) is 0 Å². The fourth-order valence-electron chi connectivity index (χ4n) is 21.5. The van der Waals surface area contributed by atoms with Crippen LogP contribution in [0.25, 0.3) is 122 Å². The van der Waals surface area contributed by atoms with Gasteiger partial charge in [0.1, 0.15) is 22.3 Å². The van der Waals surface area contributed by atoms with E-state index in [9.17, 15) is 0 Å². The first-order chi connectivity index (χ1) is 50.8. The van der Waals surface area contributed by atoms with Gasteiger partial charge in [-0.2, -0.15) is 0 Å². The van der Waals surface area contributed by atoms with E-state index in [1.165, 1.54) is 232 Å². The Hall–Kier alpha value is -9.96. The summed E-state index contributed by atoms with van der Waals surface area (Å²) in [5, 5.41) is 4.74. The van der Waals surface area contributed by atoms with Crippen LogP contribution >= 0.6 is 0 Å². The van der Waals surface area contributed by atoms with E-state index in [1.54, 1.807) is 11.1 Å². The van der Waals surface area contributed by atoms with Crippen LogP contribution in [0.15, 0.2) is 215 Å². The predicted octanol–water partition coefficient (Wildman–Crippen LogP) is 29.4. The molecule has 0 saturated carbocycles. The Morgan fingerprint density at radius 1 is 0.314 bits per heavy atom. The molecular weight excluding hydrogens is 1270 g/mol. The zero-order valence-electron chi connectivity index (χ0n) is 63.9. The van der Waals surface area contributed by atoms with Gasteiger partial charge in [-0.1, -0.05) is 285 Å². The van der Waals surface area contributed by atoms with Gasteiger partial charge < -0.3 is 13.7 Å². The van der Waals surface area contributed by atoms with Crippen molar-refractivity contribution < 1.29 is 8.83 Å². The third-order valence-electron chi connectivity index (χ3n) is 26.5. The van der Waals surface area contributed by atoms with Crippen LogP contribution in [0, 0.1) is 20.8 Å². The van der Waals surface area contributed by atoms with Crippen LogP contribution < -0.4 is 4.90 Å². The van der Waals surface area contributed by atoms with Gasteiger partial charge in [-0.25, -0.2) is 0 Å². The highest BCUT2D eigenvalue weighted by atomic mass is 16.3. The highest BCUT2D eigenvalue weighted by Crippen LogP contribution is 2.65. The molecule has 0 unspecified atom stereocenters. The van der Waals surface area contributed by atoms with Gasteiger partial charge in [0.25, 0.3) is 0 Å². The Balaban J connectivity index is 0.709. The number of para-hydroxylation sites is 2. The van der Waals surface area contributed by atoms with Crippen molar-refractivity contribution in [2.75, 3.05) is 4.90 Å². The van der Waals surface area contributed by atoms with Crippen LogP contribution in [-0.4, -0.2) is 0 Å². The molecule has 5 aliphatic carbocycles. The summed E-state index contributed by atoms with van der Waals surface area (Å²) in [6, 6.07) is 80.2. The number of hydrogen-bond donors (Lipinski definition) is 0. The third-order valence-corrected chi connectivity index (χ3v) is 26.5. The molecule has 0 fully saturated rings. The molecular formula is C102H97NO2. The quantitative estimate of drug-likeness (QED) is 0.0851. The first-order valence-electron chi connectivity index (χ1n) is 39.6. The van der Waals surface area contributed by atoms with Crippen molar-refractivity contribution in [3.8, 4) is 77.9 Å². The lowest BCUT2D eigenvalue weighted by molar-refractivity contribution is 0.399. The molecule has 2 aromatic heterocycles. The van der Waals surface area contributed by atoms with E-state index >= 15 is 0 Å². The van der Waals surface area contributed by atoms with Crippen molar-refractivity contribution in [2.24, 2.45) is 0 Å². The third kappa shape index (κ3) is 9.41. The largest absolute Gasteiger partial charge is 0.455 e. The normalized spacial score (nSPS) is 15.7. The summed E-state index contributed by atoms with van der Waals surface area (Å²) < 4.78 is 14.3. The number of benzene rings is 12. The average molecular weight is 1370 g/mol.